The minimum atomic E-state index is -0.862. The number of hydrogen-bond acceptors (Lipinski definition) is 2. The summed E-state index contributed by atoms with van der Waals surface area (Å²) in [5.74, 6) is -0.131. The molecule has 0 aliphatic carbocycles. The lowest BCUT2D eigenvalue weighted by molar-refractivity contribution is -0.148. The van der Waals surface area contributed by atoms with Crippen molar-refractivity contribution in [1.29, 1.82) is 0 Å². The van der Waals surface area contributed by atoms with Crippen LogP contribution in [-0.2, 0) is 4.79 Å². The van der Waals surface area contributed by atoms with Gasteiger partial charge in [-0.3, -0.25) is 4.79 Å². The van der Waals surface area contributed by atoms with E-state index in [1.807, 2.05) is 32.0 Å². The molecule has 0 amide bonds. The molecule has 1 aromatic rings. The fourth-order valence-corrected chi connectivity index (χ4v) is 1.13. The summed E-state index contributed by atoms with van der Waals surface area (Å²) in [4.78, 5) is 10.9. The second kappa shape index (κ2) is 4.56. The fourth-order valence-electron chi connectivity index (χ4n) is 1.13. The number of benzene rings is 1. The van der Waals surface area contributed by atoms with Crippen LogP contribution in [0.3, 0.4) is 0 Å². The van der Waals surface area contributed by atoms with Gasteiger partial charge in [-0.25, -0.2) is 0 Å². The van der Waals surface area contributed by atoms with Crippen molar-refractivity contribution in [1.82, 2.24) is 0 Å². The molecule has 0 heterocycles. The van der Waals surface area contributed by atoms with E-state index in [1.165, 1.54) is 5.56 Å². The summed E-state index contributed by atoms with van der Waals surface area (Å²) >= 11 is 0. The third-order valence-corrected chi connectivity index (χ3v) is 2.66. The van der Waals surface area contributed by atoms with Gasteiger partial charge in [0.25, 0.3) is 0 Å². The summed E-state index contributed by atoms with van der Waals surface area (Å²) in [5.41, 5.74) is 1.48. The van der Waals surface area contributed by atoms with Crippen LogP contribution in [0.25, 0.3) is 0 Å². The fraction of sp³-hybridized carbons (Fsp3) is 0.462. The van der Waals surface area contributed by atoms with E-state index >= 15 is 0 Å². The maximum absolute atomic E-state index is 10.9. The van der Waals surface area contributed by atoms with Gasteiger partial charge in [-0.05, 0) is 51.0 Å². The lowest BCUT2D eigenvalue weighted by atomic mass is 9.95. The first-order chi connectivity index (χ1) is 7.33. The largest absolute Gasteiger partial charge is 0.492 e. The third-order valence-electron chi connectivity index (χ3n) is 2.66. The number of aliphatic carboxylic acids is 1. The smallest absolute Gasteiger partial charge is 0.312 e. The molecule has 88 valence electrons. The van der Waals surface area contributed by atoms with Crippen LogP contribution in [0.4, 0.5) is 0 Å². The number of hydrogen-bond donors (Lipinski definition) is 1. The van der Waals surface area contributed by atoms with E-state index < -0.39 is 11.4 Å². The number of carboxylic acid groups (broad SMARTS) is 1. The van der Waals surface area contributed by atoms with Crippen molar-refractivity contribution in [2.75, 3.05) is 6.61 Å². The molecule has 3 nitrogen and oxygen atoms in total. The summed E-state index contributed by atoms with van der Waals surface area (Å²) < 4.78 is 5.49. The average molecular weight is 222 g/mol. The van der Waals surface area contributed by atoms with E-state index in [2.05, 4.69) is 0 Å². The second-order valence-corrected chi connectivity index (χ2v) is 4.72. The van der Waals surface area contributed by atoms with E-state index in [9.17, 15) is 4.79 Å². The Hall–Kier alpha value is -1.51. The van der Waals surface area contributed by atoms with Gasteiger partial charge in [0, 0.05) is 0 Å². The molecule has 0 saturated carbocycles. The van der Waals surface area contributed by atoms with Crippen LogP contribution >= 0.6 is 0 Å². The van der Waals surface area contributed by atoms with Gasteiger partial charge in [0.05, 0.1) is 5.41 Å². The van der Waals surface area contributed by atoms with E-state index in [4.69, 9.17) is 9.84 Å². The first kappa shape index (κ1) is 12.6. The van der Waals surface area contributed by atoms with Crippen molar-refractivity contribution in [3.8, 4) is 5.75 Å². The Bertz CT molecular complexity index is 394. The summed E-state index contributed by atoms with van der Waals surface area (Å²) in [6, 6.07) is 5.76. The molecular weight excluding hydrogens is 204 g/mol. The molecule has 0 radical (unpaired) electrons. The Balaban J connectivity index is 2.68. The van der Waals surface area contributed by atoms with Crippen molar-refractivity contribution >= 4 is 5.97 Å². The van der Waals surface area contributed by atoms with Crippen LogP contribution in [0.1, 0.15) is 25.0 Å². The van der Waals surface area contributed by atoms with E-state index in [-0.39, 0.29) is 6.61 Å². The van der Waals surface area contributed by atoms with Crippen molar-refractivity contribution in [3.05, 3.63) is 29.3 Å². The van der Waals surface area contributed by atoms with Crippen LogP contribution in [0.15, 0.2) is 18.2 Å². The van der Waals surface area contributed by atoms with Gasteiger partial charge in [0.2, 0.25) is 0 Å². The topological polar surface area (TPSA) is 46.5 Å². The van der Waals surface area contributed by atoms with Gasteiger partial charge >= 0.3 is 5.97 Å². The number of carboxylic acids is 1. The molecule has 0 unspecified atom stereocenters. The number of rotatable bonds is 4. The number of aryl methyl sites for hydroxylation is 2. The van der Waals surface area contributed by atoms with Gasteiger partial charge in [-0.1, -0.05) is 6.07 Å². The Morgan fingerprint density at radius 3 is 2.44 bits per heavy atom. The third kappa shape index (κ3) is 2.99. The average Bonchev–Trinajstić information content (AvgIpc) is 2.20. The minimum Gasteiger partial charge on any atom is -0.492 e. The molecule has 0 aromatic heterocycles. The molecule has 0 saturated heterocycles. The first-order valence-electron chi connectivity index (χ1n) is 5.26. The zero-order valence-corrected chi connectivity index (χ0v) is 10.2. The molecule has 1 aromatic carbocycles. The molecule has 1 N–H and O–H groups in total. The number of carbonyl (C=O) groups is 1. The normalized spacial score (nSPS) is 11.2. The molecule has 3 heteroatoms. The Labute approximate surface area is 96.1 Å². The van der Waals surface area contributed by atoms with Crippen molar-refractivity contribution in [3.63, 3.8) is 0 Å². The van der Waals surface area contributed by atoms with Gasteiger partial charge in [0.15, 0.2) is 0 Å². The maximum atomic E-state index is 10.9. The number of ether oxygens (including phenoxy) is 1. The lowest BCUT2D eigenvalue weighted by Gasteiger charge is -2.19. The Kier molecular flexibility index (Phi) is 3.58. The molecule has 0 fully saturated rings. The summed E-state index contributed by atoms with van der Waals surface area (Å²) in [6.45, 7) is 7.50. The van der Waals surface area contributed by atoms with Crippen LogP contribution in [-0.4, -0.2) is 17.7 Å². The SMILES string of the molecule is Cc1ccc(OCC(C)(C)C(=O)O)cc1C. The van der Waals surface area contributed by atoms with Gasteiger partial charge in [-0.2, -0.15) is 0 Å². The predicted molar refractivity (Wildman–Crippen MR) is 62.8 cm³/mol. The Morgan fingerprint density at radius 1 is 1.31 bits per heavy atom. The van der Waals surface area contributed by atoms with Gasteiger partial charge in [0.1, 0.15) is 12.4 Å². The summed E-state index contributed by atoms with van der Waals surface area (Å²) in [6.07, 6.45) is 0. The summed E-state index contributed by atoms with van der Waals surface area (Å²) in [7, 11) is 0. The van der Waals surface area contributed by atoms with Gasteiger partial charge < -0.3 is 9.84 Å². The zero-order chi connectivity index (χ0) is 12.3. The molecule has 0 atom stereocenters. The monoisotopic (exact) mass is 222 g/mol. The minimum absolute atomic E-state index is 0.171. The van der Waals surface area contributed by atoms with Crippen molar-refractivity contribution in [2.45, 2.75) is 27.7 Å². The van der Waals surface area contributed by atoms with E-state index in [1.54, 1.807) is 13.8 Å². The van der Waals surface area contributed by atoms with E-state index in [0.29, 0.717) is 0 Å². The lowest BCUT2D eigenvalue weighted by Crippen LogP contribution is -2.30. The molecule has 1 rings (SSSR count). The van der Waals surface area contributed by atoms with Crippen molar-refractivity contribution < 1.29 is 14.6 Å². The second-order valence-electron chi connectivity index (χ2n) is 4.72. The molecule has 0 bridgehead atoms. The highest BCUT2D eigenvalue weighted by molar-refractivity contribution is 5.73. The first-order valence-corrected chi connectivity index (χ1v) is 5.26. The molecule has 0 aliphatic heterocycles. The van der Waals surface area contributed by atoms with Crippen LogP contribution < -0.4 is 4.74 Å². The molecule has 0 spiro atoms. The predicted octanol–water partition coefficient (Wildman–Crippen LogP) is 2.79. The highest BCUT2D eigenvalue weighted by Crippen LogP contribution is 2.21. The highest BCUT2D eigenvalue weighted by atomic mass is 16.5. The zero-order valence-electron chi connectivity index (χ0n) is 10.2. The molecule has 0 aliphatic rings. The van der Waals surface area contributed by atoms with Crippen LogP contribution in [0.2, 0.25) is 0 Å². The van der Waals surface area contributed by atoms with Gasteiger partial charge in [-0.15, -0.1) is 0 Å². The molecular formula is C13H18O3. The van der Waals surface area contributed by atoms with Crippen LogP contribution in [0.5, 0.6) is 5.75 Å². The highest BCUT2D eigenvalue weighted by Gasteiger charge is 2.28. The quantitative estimate of drug-likeness (QED) is 0.852. The summed E-state index contributed by atoms with van der Waals surface area (Å²) in [5, 5.41) is 8.94. The Morgan fingerprint density at radius 2 is 1.94 bits per heavy atom. The maximum Gasteiger partial charge on any atom is 0.312 e. The van der Waals surface area contributed by atoms with E-state index in [0.717, 1.165) is 11.3 Å². The van der Waals surface area contributed by atoms with Crippen molar-refractivity contribution in [2.24, 2.45) is 5.41 Å². The standard InChI is InChI=1S/C13H18O3/c1-9-5-6-11(7-10(9)2)16-8-13(3,4)12(14)15/h5-7H,8H2,1-4H3,(H,14,15). The molecule has 16 heavy (non-hydrogen) atoms. The van der Waals surface area contributed by atoms with Crippen LogP contribution in [0, 0.1) is 19.3 Å².